The zero-order valence-corrected chi connectivity index (χ0v) is 15.1. The van der Waals surface area contributed by atoms with Crippen molar-refractivity contribution in [2.24, 2.45) is 0 Å². The lowest BCUT2D eigenvalue weighted by Gasteiger charge is -2.11. The first-order chi connectivity index (χ1) is 11.2. The van der Waals surface area contributed by atoms with Gasteiger partial charge in [0, 0.05) is 19.7 Å². The predicted octanol–water partition coefficient (Wildman–Crippen LogP) is 3.45. The predicted molar refractivity (Wildman–Crippen MR) is 96.6 cm³/mol. The molecule has 0 bridgehead atoms. The van der Waals surface area contributed by atoms with Crippen LogP contribution in [0.15, 0.2) is 53.4 Å². The molecule has 0 fully saturated rings. The minimum absolute atomic E-state index is 0.162. The maximum absolute atomic E-state index is 12.3. The molecule has 2 aromatic rings. The summed E-state index contributed by atoms with van der Waals surface area (Å²) in [6.07, 6.45) is 3.30. The lowest BCUT2D eigenvalue weighted by atomic mass is 10.0. The van der Waals surface area contributed by atoms with Crippen LogP contribution < -0.4 is 0 Å². The molecule has 0 aliphatic carbocycles. The van der Waals surface area contributed by atoms with Crippen LogP contribution in [0.3, 0.4) is 0 Å². The molecule has 0 aliphatic rings. The lowest BCUT2D eigenvalue weighted by molar-refractivity contribution is 0.104. The van der Waals surface area contributed by atoms with Gasteiger partial charge in [0.1, 0.15) is 0 Å². The van der Waals surface area contributed by atoms with E-state index in [2.05, 4.69) is 0 Å². The number of hydrogen-bond acceptors (Lipinski definition) is 3. The van der Waals surface area contributed by atoms with E-state index in [4.69, 9.17) is 0 Å². The monoisotopic (exact) mass is 343 g/mol. The van der Waals surface area contributed by atoms with Gasteiger partial charge in [-0.1, -0.05) is 29.8 Å². The fourth-order valence-corrected chi connectivity index (χ4v) is 3.10. The fourth-order valence-electron chi connectivity index (χ4n) is 2.20. The third-order valence-corrected chi connectivity index (χ3v) is 5.60. The van der Waals surface area contributed by atoms with Crippen LogP contribution >= 0.6 is 0 Å². The number of nitrogens with zero attached hydrogens (tertiary/aromatic N) is 1. The molecule has 0 unspecified atom stereocenters. The molecule has 0 heterocycles. The number of hydrogen-bond donors (Lipinski definition) is 0. The van der Waals surface area contributed by atoms with Crippen molar-refractivity contribution in [1.82, 2.24) is 4.31 Å². The van der Waals surface area contributed by atoms with E-state index in [0.29, 0.717) is 5.56 Å². The van der Waals surface area contributed by atoms with Crippen molar-refractivity contribution in [1.29, 1.82) is 0 Å². The number of aryl methyl sites for hydroxylation is 2. The zero-order valence-electron chi connectivity index (χ0n) is 14.3. The summed E-state index contributed by atoms with van der Waals surface area (Å²) >= 11 is 0. The van der Waals surface area contributed by atoms with Crippen LogP contribution in [-0.4, -0.2) is 32.6 Å². The SMILES string of the molecule is Cc1ccc(C)c(C=CC(=O)c2ccc(S(=O)(=O)N(C)C)cc2)c1. The number of ketones is 1. The molecule has 4 nitrogen and oxygen atoms in total. The Balaban J connectivity index is 2.22. The number of allylic oxidation sites excluding steroid dienone is 1. The van der Waals surface area contributed by atoms with Gasteiger partial charge in [0.25, 0.3) is 0 Å². The molecule has 0 aliphatic heterocycles. The molecule has 2 rings (SSSR count). The van der Waals surface area contributed by atoms with E-state index in [1.54, 1.807) is 6.08 Å². The van der Waals surface area contributed by atoms with Gasteiger partial charge < -0.3 is 0 Å². The second-order valence-corrected chi connectivity index (χ2v) is 8.02. The topological polar surface area (TPSA) is 54.5 Å². The van der Waals surface area contributed by atoms with Crippen molar-refractivity contribution in [2.75, 3.05) is 14.1 Å². The van der Waals surface area contributed by atoms with Crippen LogP contribution in [0, 0.1) is 13.8 Å². The highest BCUT2D eigenvalue weighted by molar-refractivity contribution is 7.89. The van der Waals surface area contributed by atoms with Gasteiger partial charge in [0.2, 0.25) is 10.0 Å². The molecule has 2 aromatic carbocycles. The van der Waals surface area contributed by atoms with Gasteiger partial charge in [-0.3, -0.25) is 4.79 Å². The van der Waals surface area contributed by atoms with Crippen LogP contribution in [0.1, 0.15) is 27.0 Å². The third-order valence-electron chi connectivity index (χ3n) is 3.77. The summed E-state index contributed by atoms with van der Waals surface area (Å²) < 4.78 is 25.2. The molecule has 0 atom stereocenters. The number of carbonyl (C=O) groups excluding carboxylic acids is 1. The summed E-state index contributed by atoms with van der Waals surface area (Å²) in [6.45, 7) is 3.99. The van der Waals surface area contributed by atoms with Gasteiger partial charge in [-0.15, -0.1) is 0 Å². The zero-order chi connectivity index (χ0) is 17.9. The number of carbonyl (C=O) groups is 1. The number of rotatable bonds is 5. The second kappa shape index (κ2) is 7.11. The van der Waals surface area contributed by atoms with Gasteiger partial charge >= 0.3 is 0 Å². The van der Waals surface area contributed by atoms with Crippen LogP contribution in [-0.2, 0) is 10.0 Å². The molecule has 0 saturated heterocycles. The van der Waals surface area contributed by atoms with Crippen molar-refractivity contribution < 1.29 is 13.2 Å². The number of sulfonamides is 1. The molecule has 0 amide bonds. The van der Waals surface area contributed by atoms with Gasteiger partial charge in [-0.05, 0) is 55.3 Å². The summed E-state index contributed by atoms with van der Waals surface area (Å²) in [5, 5.41) is 0. The Morgan fingerprint density at radius 3 is 2.21 bits per heavy atom. The van der Waals surface area contributed by atoms with Crippen molar-refractivity contribution in [3.63, 3.8) is 0 Å². The second-order valence-electron chi connectivity index (χ2n) is 5.87. The lowest BCUT2D eigenvalue weighted by Crippen LogP contribution is -2.22. The first kappa shape index (κ1) is 18.1. The smallest absolute Gasteiger partial charge is 0.242 e. The molecule has 0 saturated carbocycles. The summed E-state index contributed by atoms with van der Waals surface area (Å²) in [4.78, 5) is 12.4. The molecule has 0 spiro atoms. The van der Waals surface area contributed by atoms with E-state index in [0.717, 1.165) is 21.0 Å². The van der Waals surface area contributed by atoms with Crippen LogP contribution in [0.25, 0.3) is 6.08 Å². The van der Waals surface area contributed by atoms with Gasteiger partial charge in [-0.2, -0.15) is 0 Å². The van der Waals surface area contributed by atoms with Gasteiger partial charge in [-0.25, -0.2) is 12.7 Å². The molecular formula is C19H21NO3S. The molecular weight excluding hydrogens is 322 g/mol. The average molecular weight is 343 g/mol. The summed E-state index contributed by atoms with van der Waals surface area (Å²) in [7, 11) is -0.534. The minimum Gasteiger partial charge on any atom is -0.289 e. The van der Waals surface area contributed by atoms with Crippen LogP contribution in [0.4, 0.5) is 0 Å². The van der Waals surface area contributed by atoms with Crippen molar-refractivity contribution in [3.8, 4) is 0 Å². The first-order valence-electron chi connectivity index (χ1n) is 7.54. The molecule has 5 heteroatoms. The highest BCUT2D eigenvalue weighted by atomic mass is 32.2. The maximum Gasteiger partial charge on any atom is 0.242 e. The highest BCUT2D eigenvalue weighted by Gasteiger charge is 2.17. The molecule has 0 aromatic heterocycles. The van der Waals surface area contributed by atoms with Crippen molar-refractivity contribution in [3.05, 3.63) is 70.8 Å². The normalized spacial score (nSPS) is 12.0. The molecule has 24 heavy (non-hydrogen) atoms. The van der Waals surface area contributed by atoms with E-state index >= 15 is 0 Å². The van der Waals surface area contributed by atoms with Crippen LogP contribution in [0.5, 0.6) is 0 Å². The minimum atomic E-state index is -3.48. The van der Waals surface area contributed by atoms with Gasteiger partial charge in [0.05, 0.1) is 4.90 Å². The largest absolute Gasteiger partial charge is 0.289 e. The molecule has 0 radical (unpaired) electrons. The van der Waals surface area contributed by atoms with Gasteiger partial charge in [0.15, 0.2) is 5.78 Å². The Kier molecular flexibility index (Phi) is 5.36. The first-order valence-corrected chi connectivity index (χ1v) is 8.98. The molecule has 0 N–H and O–H groups in total. The quantitative estimate of drug-likeness (QED) is 0.617. The summed E-state index contributed by atoms with van der Waals surface area (Å²) in [6, 6.07) is 12.0. The fraction of sp³-hybridized carbons (Fsp3) is 0.211. The third kappa shape index (κ3) is 3.99. The van der Waals surface area contributed by atoms with E-state index in [1.807, 2.05) is 32.0 Å². The Morgan fingerprint density at radius 2 is 1.62 bits per heavy atom. The van der Waals surface area contributed by atoms with Crippen molar-refractivity contribution >= 4 is 21.9 Å². The number of benzene rings is 2. The summed E-state index contributed by atoms with van der Waals surface area (Å²) in [5.41, 5.74) is 3.67. The average Bonchev–Trinajstić information content (AvgIpc) is 2.55. The van der Waals surface area contributed by atoms with E-state index < -0.39 is 10.0 Å². The summed E-state index contributed by atoms with van der Waals surface area (Å²) in [5.74, 6) is -0.162. The Bertz CT molecular complexity index is 879. The van der Waals surface area contributed by atoms with E-state index in [-0.39, 0.29) is 10.7 Å². The van der Waals surface area contributed by atoms with E-state index in [9.17, 15) is 13.2 Å². The Hall–Kier alpha value is -2.24. The Labute approximate surface area is 143 Å². The molecule has 126 valence electrons. The van der Waals surface area contributed by atoms with E-state index in [1.165, 1.54) is 44.4 Å². The van der Waals surface area contributed by atoms with Crippen molar-refractivity contribution in [2.45, 2.75) is 18.7 Å². The highest BCUT2D eigenvalue weighted by Crippen LogP contribution is 2.16. The standard InChI is InChI=1S/C19H21NO3S/c1-14-5-6-15(2)17(13-14)9-12-19(21)16-7-10-18(11-8-16)24(22,23)20(3)4/h5-13H,1-4H3. The van der Waals surface area contributed by atoms with Crippen LogP contribution in [0.2, 0.25) is 0 Å². The maximum atomic E-state index is 12.3. The Morgan fingerprint density at radius 1 is 1.00 bits per heavy atom.